The fourth-order valence-electron chi connectivity index (χ4n) is 3.30. The van der Waals surface area contributed by atoms with Crippen LogP contribution in [0, 0.1) is 6.92 Å². The summed E-state index contributed by atoms with van der Waals surface area (Å²) in [4.78, 5) is 30.2. The lowest BCUT2D eigenvalue weighted by Crippen LogP contribution is -2.17. The number of nitrogens with one attached hydrogen (secondary N) is 1. The molecule has 0 unspecified atom stereocenters. The Hall–Kier alpha value is -2.79. The lowest BCUT2D eigenvalue weighted by atomic mass is 9.85. The van der Waals surface area contributed by atoms with Crippen LogP contribution in [0.2, 0.25) is 0 Å². The van der Waals surface area contributed by atoms with Crippen LogP contribution in [0.4, 0.5) is 5.13 Å². The molecule has 1 aliphatic rings. The number of carbonyl (C=O) groups excluding carboxylic acids is 2. The van der Waals surface area contributed by atoms with Crippen molar-refractivity contribution < 1.29 is 9.59 Å². The minimum atomic E-state index is -0.202. The highest BCUT2D eigenvalue weighted by Crippen LogP contribution is 2.36. The Morgan fingerprint density at radius 1 is 1.12 bits per heavy atom. The predicted octanol–water partition coefficient (Wildman–Crippen LogP) is 4.62. The van der Waals surface area contributed by atoms with E-state index < -0.39 is 0 Å². The van der Waals surface area contributed by atoms with Gasteiger partial charge in [-0.1, -0.05) is 59.4 Å². The molecule has 130 valence electrons. The summed E-state index contributed by atoms with van der Waals surface area (Å²) in [6.07, 6.45) is 1.21. The molecule has 0 spiro atoms. The number of thiazole rings is 1. The third-order valence-corrected chi connectivity index (χ3v) is 5.65. The highest BCUT2D eigenvalue weighted by atomic mass is 32.1. The molecule has 4 nitrogen and oxygen atoms in total. The van der Waals surface area contributed by atoms with Gasteiger partial charge in [0.1, 0.15) is 0 Å². The van der Waals surface area contributed by atoms with Gasteiger partial charge >= 0.3 is 0 Å². The highest BCUT2D eigenvalue weighted by Gasteiger charge is 2.30. The predicted molar refractivity (Wildman–Crippen MR) is 103 cm³/mol. The standard InChI is InChI=1S/C21H18N2O2S/c1-13-6-5-9-15(10-13)20(25)23-21-22-17-11-16(12-18(24)19(17)26-21)14-7-3-2-4-8-14/h2-10,16H,11-12H2,1H3,(H,22,23,25)/t16-/m1/s1. The first-order chi connectivity index (χ1) is 12.6. The smallest absolute Gasteiger partial charge is 0.257 e. The van der Waals surface area contributed by atoms with Crippen molar-refractivity contribution >= 4 is 28.2 Å². The molecule has 0 fully saturated rings. The number of Topliss-reactive ketones (excluding diaryl/α,β-unsaturated/α-hetero) is 1. The third-order valence-electron chi connectivity index (χ3n) is 4.59. The van der Waals surface area contributed by atoms with Crippen LogP contribution in [0.1, 0.15) is 49.2 Å². The van der Waals surface area contributed by atoms with Crippen molar-refractivity contribution in [3.8, 4) is 0 Å². The number of carbonyl (C=O) groups is 2. The van der Waals surface area contributed by atoms with E-state index in [0.29, 0.717) is 22.0 Å². The second-order valence-electron chi connectivity index (χ2n) is 6.56. The van der Waals surface area contributed by atoms with Gasteiger partial charge in [0, 0.05) is 12.0 Å². The molecule has 0 radical (unpaired) electrons. The summed E-state index contributed by atoms with van der Waals surface area (Å²) < 4.78 is 0. The molecule has 2 aromatic carbocycles. The molecule has 1 aliphatic carbocycles. The first-order valence-electron chi connectivity index (χ1n) is 8.56. The van der Waals surface area contributed by atoms with Crippen LogP contribution in [0.3, 0.4) is 0 Å². The van der Waals surface area contributed by atoms with Crippen molar-refractivity contribution in [3.05, 3.63) is 81.9 Å². The lowest BCUT2D eigenvalue weighted by molar-refractivity contribution is 0.0967. The quantitative estimate of drug-likeness (QED) is 0.740. The van der Waals surface area contributed by atoms with Crippen molar-refractivity contribution in [3.63, 3.8) is 0 Å². The second kappa shape index (κ2) is 6.84. The number of fused-ring (bicyclic) bond motifs is 1. The highest BCUT2D eigenvalue weighted by molar-refractivity contribution is 7.17. The summed E-state index contributed by atoms with van der Waals surface area (Å²) in [5.41, 5.74) is 3.56. The van der Waals surface area contributed by atoms with Crippen LogP contribution in [0.5, 0.6) is 0 Å². The molecule has 1 atom stereocenters. The molecule has 0 bridgehead atoms. The SMILES string of the molecule is Cc1cccc(C(=O)Nc2nc3c(s2)C(=O)C[C@H](c2ccccc2)C3)c1. The van der Waals surface area contributed by atoms with E-state index in [1.807, 2.05) is 43.3 Å². The number of amides is 1. The van der Waals surface area contributed by atoms with Gasteiger partial charge in [-0.25, -0.2) is 4.98 Å². The number of nitrogens with zero attached hydrogens (tertiary/aromatic N) is 1. The van der Waals surface area contributed by atoms with E-state index in [1.165, 1.54) is 11.3 Å². The number of benzene rings is 2. The monoisotopic (exact) mass is 362 g/mol. The maximum Gasteiger partial charge on any atom is 0.257 e. The topological polar surface area (TPSA) is 59.1 Å². The summed E-state index contributed by atoms with van der Waals surface area (Å²) in [7, 11) is 0. The van der Waals surface area contributed by atoms with E-state index in [2.05, 4.69) is 22.4 Å². The first kappa shape index (κ1) is 16.7. The van der Waals surface area contributed by atoms with Crippen LogP contribution < -0.4 is 5.32 Å². The Kier molecular flexibility index (Phi) is 4.39. The van der Waals surface area contributed by atoms with Crippen LogP contribution in [0.25, 0.3) is 0 Å². The van der Waals surface area contributed by atoms with Crippen LogP contribution >= 0.6 is 11.3 Å². The van der Waals surface area contributed by atoms with E-state index in [-0.39, 0.29) is 17.6 Å². The summed E-state index contributed by atoms with van der Waals surface area (Å²) in [5, 5.41) is 3.32. The number of hydrogen-bond donors (Lipinski definition) is 1. The van der Waals surface area contributed by atoms with Gasteiger partial charge in [-0.05, 0) is 37.0 Å². The van der Waals surface area contributed by atoms with Gasteiger partial charge in [0.05, 0.1) is 10.6 Å². The first-order valence-corrected chi connectivity index (χ1v) is 9.37. The summed E-state index contributed by atoms with van der Waals surface area (Å²) in [5.74, 6) is 0.0548. The molecule has 1 N–H and O–H groups in total. The van der Waals surface area contributed by atoms with Gasteiger partial charge in [-0.15, -0.1) is 0 Å². The third kappa shape index (κ3) is 3.30. The van der Waals surface area contributed by atoms with Crippen LogP contribution in [-0.2, 0) is 6.42 Å². The fraction of sp³-hybridized carbons (Fsp3) is 0.190. The molecule has 0 aliphatic heterocycles. The van der Waals surface area contributed by atoms with E-state index in [1.54, 1.807) is 6.07 Å². The Morgan fingerprint density at radius 2 is 1.92 bits per heavy atom. The van der Waals surface area contributed by atoms with Crippen molar-refractivity contribution in [1.29, 1.82) is 0 Å². The Labute approximate surface area is 155 Å². The Bertz CT molecular complexity index is 979. The largest absolute Gasteiger partial charge is 0.298 e. The van der Waals surface area contributed by atoms with Gasteiger partial charge in [0.25, 0.3) is 5.91 Å². The molecule has 4 rings (SSSR count). The minimum Gasteiger partial charge on any atom is -0.298 e. The van der Waals surface area contributed by atoms with Crippen molar-refractivity contribution in [2.45, 2.75) is 25.7 Å². The molecule has 3 aromatic rings. The molecule has 1 heterocycles. The van der Waals surface area contributed by atoms with Gasteiger partial charge in [-0.3, -0.25) is 14.9 Å². The van der Waals surface area contributed by atoms with Gasteiger partial charge in [0.2, 0.25) is 0 Å². The van der Waals surface area contributed by atoms with Gasteiger partial charge < -0.3 is 0 Å². The number of anilines is 1. The van der Waals surface area contributed by atoms with E-state index in [4.69, 9.17) is 0 Å². The molecule has 1 aromatic heterocycles. The van der Waals surface area contributed by atoms with Crippen molar-refractivity contribution in [2.24, 2.45) is 0 Å². The molecule has 0 saturated heterocycles. The van der Waals surface area contributed by atoms with E-state index in [0.717, 1.165) is 23.2 Å². The molecule has 1 amide bonds. The summed E-state index contributed by atoms with van der Waals surface area (Å²) >= 11 is 1.28. The zero-order valence-corrected chi connectivity index (χ0v) is 15.2. The molecular formula is C21H18N2O2S. The normalized spacial score (nSPS) is 16.2. The molecular weight excluding hydrogens is 344 g/mol. The Balaban J connectivity index is 1.55. The lowest BCUT2D eigenvalue weighted by Gasteiger charge is -2.20. The molecule has 0 saturated carbocycles. The Morgan fingerprint density at radius 3 is 2.69 bits per heavy atom. The van der Waals surface area contributed by atoms with Crippen LogP contribution in [-0.4, -0.2) is 16.7 Å². The summed E-state index contributed by atoms with van der Waals surface area (Å²) in [6, 6.07) is 17.5. The average Bonchev–Trinajstić information content (AvgIpc) is 3.05. The fourth-order valence-corrected chi connectivity index (χ4v) is 4.24. The number of aryl methyl sites for hydroxylation is 1. The number of rotatable bonds is 3. The number of ketones is 1. The van der Waals surface area contributed by atoms with E-state index in [9.17, 15) is 9.59 Å². The molecule has 26 heavy (non-hydrogen) atoms. The van der Waals surface area contributed by atoms with Crippen molar-refractivity contribution in [2.75, 3.05) is 5.32 Å². The number of hydrogen-bond acceptors (Lipinski definition) is 4. The second-order valence-corrected chi connectivity index (χ2v) is 7.56. The molecule has 5 heteroatoms. The van der Waals surface area contributed by atoms with Gasteiger partial charge in [-0.2, -0.15) is 0 Å². The van der Waals surface area contributed by atoms with Gasteiger partial charge in [0.15, 0.2) is 10.9 Å². The van der Waals surface area contributed by atoms with E-state index >= 15 is 0 Å². The maximum absolute atomic E-state index is 12.5. The zero-order valence-electron chi connectivity index (χ0n) is 14.4. The van der Waals surface area contributed by atoms with Crippen LogP contribution in [0.15, 0.2) is 54.6 Å². The average molecular weight is 362 g/mol. The maximum atomic E-state index is 12.5. The summed E-state index contributed by atoms with van der Waals surface area (Å²) in [6.45, 7) is 1.95. The number of aromatic nitrogens is 1. The van der Waals surface area contributed by atoms with Crippen molar-refractivity contribution in [1.82, 2.24) is 4.98 Å². The zero-order chi connectivity index (χ0) is 18.1. The minimum absolute atomic E-state index is 0.105.